The minimum absolute atomic E-state index is 0.139. The van der Waals surface area contributed by atoms with Gasteiger partial charge in [-0.05, 0) is 25.0 Å². The number of aromatic amines is 1. The Labute approximate surface area is 123 Å². The van der Waals surface area contributed by atoms with E-state index in [1.807, 2.05) is 49.4 Å². The van der Waals surface area contributed by atoms with Gasteiger partial charge >= 0.3 is 0 Å². The standard InChI is InChI=1S/C18H16N2O/c1-12-7-6-10-15(13(12)2)18-19-16(11-17(21)20-18)14-8-4-3-5-9-14/h3-11H,1-2H3,(H,19,20,21). The third kappa shape index (κ3) is 2.63. The first-order chi connectivity index (χ1) is 10.1. The molecule has 0 radical (unpaired) electrons. The van der Waals surface area contributed by atoms with Gasteiger partial charge in [-0.3, -0.25) is 4.79 Å². The first-order valence-electron chi connectivity index (χ1n) is 6.88. The fourth-order valence-electron chi connectivity index (χ4n) is 2.35. The van der Waals surface area contributed by atoms with Crippen LogP contribution in [0.3, 0.4) is 0 Å². The summed E-state index contributed by atoms with van der Waals surface area (Å²) < 4.78 is 0. The van der Waals surface area contributed by atoms with E-state index in [1.165, 1.54) is 11.6 Å². The van der Waals surface area contributed by atoms with Crippen molar-refractivity contribution >= 4 is 0 Å². The second kappa shape index (κ2) is 5.37. The molecule has 104 valence electrons. The molecule has 0 aliphatic heterocycles. The molecule has 0 saturated carbocycles. The summed E-state index contributed by atoms with van der Waals surface area (Å²) in [5, 5.41) is 0. The van der Waals surface area contributed by atoms with E-state index in [0.29, 0.717) is 11.5 Å². The van der Waals surface area contributed by atoms with Crippen molar-refractivity contribution in [2.24, 2.45) is 0 Å². The largest absolute Gasteiger partial charge is 0.306 e. The first-order valence-corrected chi connectivity index (χ1v) is 6.88. The minimum atomic E-state index is -0.139. The molecule has 2 aromatic carbocycles. The van der Waals surface area contributed by atoms with E-state index in [4.69, 9.17) is 0 Å². The van der Waals surface area contributed by atoms with E-state index in [0.717, 1.165) is 16.7 Å². The van der Waals surface area contributed by atoms with Crippen molar-refractivity contribution in [1.29, 1.82) is 0 Å². The lowest BCUT2D eigenvalue weighted by atomic mass is 10.0. The zero-order chi connectivity index (χ0) is 14.8. The van der Waals surface area contributed by atoms with Gasteiger partial charge in [0.1, 0.15) is 5.82 Å². The summed E-state index contributed by atoms with van der Waals surface area (Å²) in [5.74, 6) is 0.613. The van der Waals surface area contributed by atoms with Gasteiger partial charge in [-0.15, -0.1) is 0 Å². The predicted molar refractivity (Wildman–Crippen MR) is 85.2 cm³/mol. The molecule has 21 heavy (non-hydrogen) atoms. The molecule has 0 atom stereocenters. The maximum absolute atomic E-state index is 12.0. The van der Waals surface area contributed by atoms with E-state index >= 15 is 0 Å². The molecule has 0 unspecified atom stereocenters. The zero-order valence-electron chi connectivity index (χ0n) is 12.1. The van der Waals surface area contributed by atoms with Crippen LogP contribution in [-0.2, 0) is 0 Å². The lowest BCUT2D eigenvalue weighted by molar-refractivity contribution is 1.12. The van der Waals surface area contributed by atoms with E-state index in [1.54, 1.807) is 0 Å². The maximum atomic E-state index is 12.0. The zero-order valence-corrected chi connectivity index (χ0v) is 12.1. The fraction of sp³-hybridized carbons (Fsp3) is 0.111. The molecule has 1 aromatic heterocycles. The van der Waals surface area contributed by atoms with Gasteiger partial charge in [-0.25, -0.2) is 4.98 Å². The van der Waals surface area contributed by atoms with Crippen molar-refractivity contribution in [2.45, 2.75) is 13.8 Å². The maximum Gasteiger partial charge on any atom is 0.251 e. The topological polar surface area (TPSA) is 45.8 Å². The van der Waals surface area contributed by atoms with Crippen LogP contribution in [-0.4, -0.2) is 9.97 Å². The number of hydrogen-bond acceptors (Lipinski definition) is 2. The SMILES string of the molecule is Cc1cccc(-c2nc(-c3ccccc3)cc(=O)[nH]2)c1C. The predicted octanol–water partition coefficient (Wildman–Crippen LogP) is 3.72. The van der Waals surface area contributed by atoms with Crippen LogP contribution in [0, 0.1) is 13.8 Å². The molecular weight excluding hydrogens is 260 g/mol. The molecule has 1 N–H and O–H groups in total. The molecule has 0 saturated heterocycles. The number of nitrogens with one attached hydrogen (secondary N) is 1. The summed E-state index contributed by atoms with van der Waals surface area (Å²) in [6.07, 6.45) is 0. The van der Waals surface area contributed by atoms with Crippen molar-refractivity contribution in [3.8, 4) is 22.6 Å². The van der Waals surface area contributed by atoms with Gasteiger partial charge in [0.05, 0.1) is 5.69 Å². The van der Waals surface area contributed by atoms with Gasteiger partial charge in [0.2, 0.25) is 0 Å². The van der Waals surface area contributed by atoms with Crippen molar-refractivity contribution in [2.75, 3.05) is 0 Å². The normalized spacial score (nSPS) is 10.6. The Bertz CT molecular complexity index is 835. The van der Waals surface area contributed by atoms with Gasteiger partial charge < -0.3 is 4.98 Å². The third-order valence-electron chi connectivity index (χ3n) is 3.67. The summed E-state index contributed by atoms with van der Waals surface area (Å²) in [6, 6.07) is 17.3. The summed E-state index contributed by atoms with van der Waals surface area (Å²) in [5.41, 5.74) is 4.76. The smallest absolute Gasteiger partial charge is 0.251 e. The number of benzene rings is 2. The van der Waals surface area contributed by atoms with Crippen LogP contribution in [0.2, 0.25) is 0 Å². The number of aryl methyl sites for hydroxylation is 1. The molecule has 3 nitrogen and oxygen atoms in total. The lowest BCUT2D eigenvalue weighted by Crippen LogP contribution is -2.09. The monoisotopic (exact) mass is 276 g/mol. The van der Waals surface area contributed by atoms with Crippen LogP contribution in [0.15, 0.2) is 59.4 Å². The Morgan fingerprint density at radius 3 is 2.48 bits per heavy atom. The fourth-order valence-corrected chi connectivity index (χ4v) is 2.35. The van der Waals surface area contributed by atoms with Gasteiger partial charge in [-0.1, -0.05) is 48.5 Å². The van der Waals surface area contributed by atoms with Crippen molar-refractivity contribution in [3.05, 3.63) is 76.1 Å². The quantitative estimate of drug-likeness (QED) is 0.775. The Morgan fingerprint density at radius 2 is 1.71 bits per heavy atom. The first kappa shape index (κ1) is 13.3. The molecule has 0 aliphatic carbocycles. The molecule has 3 aromatic rings. The van der Waals surface area contributed by atoms with E-state index in [2.05, 4.69) is 23.0 Å². The summed E-state index contributed by atoms with van der Waals surface area (Å²) in [4.78, 5) is 19.4. The third-order valence-corrected chi connectivity index (χ3v) is 3.67. The average molecular weight is 276 g/mol. The van der Waals surface area contributed by atoms with Crippen LogP contribution < -0.4 is 5.56 Å². The minimum Gasteiger partial charge on any atom is -0.306 e. The molecule has 0 fully saturated rings. The number of nitrogens with zero attached hydrogens (tertiary/aromatic N) is 1. The summed E-state index contributed by atoms with van der Waals surface area (Å²) in [6.45, 7) is 4.10. The van der Waals surface area contributed by atoms with Gasteiger partial charge in [0, 0.05) is 17.2 Å². The lowest BCUT2D eigenvalue weighted by Gasteiger charge is -2.09. The molecule has 1 heterocycles. The average Bonchev–Trinajstić information content (AvgIpc) is 2.50. The highest BCUT2D eigenvalue weighted by atomic mass is 16.1. The Hall–Kier alpha value is -2.68. The van der Waals surface area contributed by atoms with Crippen LogP contribution in [0.1, 0.15) is 11.1 Å². The summed E-state index contributed by atoms with van der Waals surface area (Å²) in [7, 11) is 0. The van der Waals surface area contributed by atoms with Crippen LogP contribution >= 0.6 is 0 Å². The van der Waals surface area contributed by atoms with Crippen molar-refractivity contribution in [1.82, 2.24) is 9.97 Å². The Morgan fingerprint density at radius 1 is 0.952 bits per heavy atom. The van der Waals surface area contributed by atoms with Gasteiger partial charge in [0.15, 0.2) is 0 Å². The molecule has 3 rings (SSSR count). The molecule has 0 bridgehead atoms. The Kier molecular flexibility index (Phi) is 3.40. The highest BCUT2D eigenvalue weighted by Gasteiger charge is 2.09. The van der Waals surface area contributed by atoms with Crippen LogP contribution in [0.5, 0.6) is 0 Å². The van der Waals surface area contributed by atoms with E-state index in [9.17, 15) is 4.79 Å². The van der Waals surface area contributed by atoms with Crippen LogP contribution in [0.25, 0.3) is 22.6 Å². The second-order valence-electron chi connectivity index (χ2n) is 5.09. The number of hydrogen-bond donors (Lipinski definition) is 1. The van der Waals surface area contributed by atoms with E-state index in [-0.39, 0.29) is 5.56 Å². The Balaban J connectivity index is 2.19. The number of rotatable bonds is 2. The molecule has 0 aliphatic rings. The highest BCUT2D eigenvalue weighted by Crippen LogP contribution is 2.23. The molecule has 3 heteroatoms. The van der Waals surface area contributed by atoms with Crippen molar-refractivity contribution < 1.29 is 0 Å². The molecule has 0 spiro atoms. The highest BCUT2D eigenvalue weighted by molar-refractivity contribution is 5.66. The number of aromatic nitrogens is 2. The molecular formula is C18H16N2O. The van der Waals surface area contributed by atoms with Crippen molar-refractivity contribution in [3.63, 3.8) is 0 Å². The number of H-pyrrole nitrogens is 1. The van der Waals surface area contributed by atoms with Gasteiger partial charge in [-0.2, -0.15) is 0 Å². The summed E-state index contributed by atoms with van der Waals surface area (Å²) >= 11 is 0. The van der Waals surface area contributed by atoms with E-state index < -0.39 is 0 Å². The second-order valence-corrected chi connectivity index (χ2v) is 5.09. The van der Waals surface area contributed by atoms with Gasteiger partial charge in [0.25, 0.3) is 5.56 Å². The molecule has 0 amide bonds. The van der Waals surface area contributed by atoms with Crippen LogP contribution in [0.4, 0.5) is 0 Å².